The molecular weight excluding hydrogens is 230 g/mol. The molecule has 0 atom stereocenters. The molecule has 1 fully saturated rings. The van der Waals surface area contributed by atoms with E-state index >= 15 is 0 Å². The van der Waals surface area contributed by atoms with Crippen molar-refractivity contribution in [3.8, 4) is 0 Å². The number of thiazole rings is 1. The van der Waals surface area contributed by atoms with Gasteiger partial charge in [-0.25, -0.2) is 4.98 Å². The molecule has 2 heterocycles. The molecule has 0 saturated carbocycles. The van der Waals surface area contributed by atoms with Gasteiger partial charge in [0.1, 0.15) is 0 Å². The lowest BCUT2D eigenvalue weighted by atomic mass is 9.94. The summed E-state index contributed by atoms with van der Waals surface area (Å²) < 4.78 is 0. The monoisotopic (exact) mass is 253 g/mol. The molecule has 0 spiro atoms. The summed E-state index contributed by atoms with van der Waals surface area (Å²) in [5.74, 6) is 0.833. The Kier molecular flexibility index (Phi) is 4.95. The Morgan fingerprint density at radius 2 is 2.24 bits per heavy atom. The maximum Gasteiger partial charge on any atom is 0.0931 e. The second-order valence-electron chi connectivity index (χ2n) is 4.86. The van der Waals surface area contributed by atoms with Crippen molar-refractivity contribution in [1.29, 1.82) is 0 Å². The summed E-state index contributed by atoms with van der Waals surface area (Å²) >= 11 is 1.83. The summed E-state index contributed by atoms with van der Waals surface area (Å²) in [5.41, 5.74) is 6.84. The second-order valence-corrected chi connectivity index (χ2v) is 5.81. The SMILES string of the molecule is CCc1csc(CC2CCN(CCN)CC2)n1. The van der Waals surface area contributed by atoms with Crippen molar-refractivity contribution < 1.29 is 0 Å². The fraction of sp³-hybridized carbons (Fsp3) is 0.769. The molecule has 1 aliphatic rings. The van der Waals surface area contributed by atoms with Crippen molar-refractivity contribution in [2.45, 2.75) is 32.6 Å². The van der Waals surface area contributed by atoms with Crippen molar-refractivity contribution in [1.82, 2.24) is 9.88 Å². The lowest BCUT2D eigenvalue weighted by molar-refractivity contribution is 0.188. The van der Waals surface area contributed by atoms with Gasteiger partial charge < -0.3 is 10.6 Å². The molecule has 0 unspecified atom stereocenters. The zero-order valence-corrected chi connectivity index (χ0v) is 11.5. The highest BCUT2D eigenvalue weighted by molar-refractivity contribution is 7.09. The smallest absolute Gasteiger partial charge is 0.0931 e. The fourth-order valence-electron chi connectivity index (χ4n) is 2.45. The first-order valence-electron chi connectivity index (χ1n) is 6.67. The number of nitrogens with zero attached hydrogens (tertiary/aromatic N) is 2. The summed E-state index contributed by atoms with van der Waals surface area (Å²) in [6.45, 7) is 6.45. The van der Waals surface area contributed by atoms with Crippen molar-refractivity contribution in [2.24, 2.45) is 11.7 Å². The van der Waals surface area contributed by atoms with Gasteiger partial charge in [0.05, 0.1) is 10.7 Å². The predicted molar refractivity (Wildman–Crippen MR) is 73.4 cm³/mol. The van der Waals surface area contributed by atoms with Crippen LogP contribution in [0.3, 0.4) is 0 Å². The highest BCUT2D eigenvalue weighted by atomic mass is 32.1. The number of aromatic nitrogens is 1. The van der Waals surface area contributed by atoms with E-state index in [0.717, 1.165) is 25.4 Å². The van der Waals surface area contributed by atoms with Gasteiger partial charge in [0.25, 0.3) is 0 Å². The number of likely N-dealkylation sites (tertiary alicyclic amines) is 1. The Balaban J connectivity index is 1.77. The van der Waals surface area contributed by atoms with Gasteiger partial charge in [0, 0.05) is 24.9 Å². The number of hydrogen-bond donors (Lipinski definition) is 1. The molecule has 0 amide bonds. The standard InChI is InChI=1S/C13H23N3S/c1-2-12-10-17-13(15-12)9-11-3-6-16(7-4-11)8-5-14/h10-11H,2-9,14H2,1H3. The maximum absolute atomic E-state index is 5.59. The number of rotatable bonds is 5. The van der Waals surface area contributed by atoms with E-state index < -0.39 is 0 Å². The zero-order valence-electron chi connectivity index (χ0n) is 10.7. The molecule has 2 rings (SSSR count). The normalized spacial score (nSPS) is 18.7. The van der Waals surface area contributed by atoms with Gasteiger partial charge in [-0.05, 0) is 38.3 Å². The minimum Gasteiger partial charge on any atom is -0.329 e. The molecule has 1 saturated heterocycles. The van der Waals surface area contributed by atoms with Gasteiger partial charge in [-0.3, -0.25) is 0 Å². The van der Waals surface area contributed by atoms with Gasteiger partial charge in [-0.15, -0.1) is 11.3 Å². The van der Waals surface area contributed by atoms with E-state index in [1.54, 1.807) is 0 Å². The largest absolute Gasteiger partial charge is 0.329 e. The average molecular weight is 253 g/mol. The molecular formula is C13H23N3S. The van der Waals surface area contributed by atoms with Crippen molar-refractivity contribution in [3.05, 3.63) is 16.1 Å². The van der Waals surface area contributed by atoms with Crippen LogP contribution in [0.4, 0.5) is 0 Å². The molecule has 4 heteroatoms. The third-order valence-corrected chi connectivity index (χ3v) is 4.50. The number of hydrogen-bond acceptors (Lipinski definition) is 4. The molecule has 0 aromatic carbocycles. The minimum absolute atomic E-state index is 0.789. The van der Waals surface area contributed by atoms with E-state index in [-0.39, 0.29) is 0 Å². The molecule has 0 aliphatic carbocycles. The topological polar surface area (TPSA) is 42.1 Å². The summed E-state index contributed by atoms with van der Waals surface area (Å²) in [4.78, 5) is 7.15. The molecule has 1 aromatic rings. The Morgan fingerprint density at radius 1 is 1.47 bits per heavy atom. The number of nitrogens with two attached hydrogens (primary N) is 1. The van der Waals surface area contributed by atoms with E-state index in [0.29, 0.717) is 0 Å². The Bertz CT molecular complexity index is 329. The molecule has 2 N–H and O–H groups in total. The van der Waals surface area contributed by atoms with E-state index in [4.69, 9.17) is 5.73 Å². The van der Waals surface area contributed by atoms with Crippen LogP contribution in [0.2, 0.25) is 0 Å². The maximum atomic E-state index is 5.59. The summed E-state index contributed by atoms with van der Waals surface area (Å²) in [6.07, 6.45) is 4.86. The third-order valence-electron chi connectivity index (χ3n) is 3.58. The van der Waals surface area contributed by atoms with E-state index in [1.165, 1.54) is 43.1 Å². The summed E-state index contributed by atoms with van der Waals surface area (Å²) in [6, 6.07) is 0. The van der Waals surface area contributed by atoms with Crippen LogP contribution in [0, 0.1) is 5.92 Å². The van der Waals surface area contributed by atoms with E-state index in [1.807, 2.05) is 11.3 Å². The van der Waals surface area contributed by atoms with Crippen LogP contribution < -0.4 is 5.73 Å². The average Bonchev–Trinajstić information content (AvgIpc) is 2.80. The fourth-order valence-corrected chi connectivity index (χ4v) is 3.44. The van der Waals surface area contributed by atoms with Crippen LogP contribution in [0.15, 0.2) is 5.38 Å². The van der Waals surface area contributed by atoms with Gasteiger partial charge in [-0.1, -0.05) is 6.92 Å². The first kappa shape index (κ1) is 13.0. The highest BCUT2D eigenvalue weighted by Gasteiger charge is 2.19. The molecule has 1 aliphatic heterocycles. The zero-order chi connectivity index (χ0) is 12.1. The van der Waals surface area contributed by atoms with Crippen LogP contribution in [-0.4, -0.2) is 36.1 Å². The van der Waals surface area contributed by atoms with Gasteiger partial charge in [0.15, 0.2) is 0 Å². The molecule has 0 radical (unpaired) electrons. The lowest BCUT2D eigenvalue weighted by Crippen LogP contribution is -2.37. The van der Waals surface area contributed by atoms with Crippen molar-refractivity contribution in [2.75, 3.05) is 26.2 Å². The van der Waals surface area contributed by atoms with E-state index in [2.05, 4.69) is 22.2 Å². The van der Waals surface area contributed by atoms with Crippen LogP contribution in [0.5, 0.6) is 0 Å². The third kappa shape index (κ3) is 3.76. The van der Waals surface area contributed by atoms with Gasteiger partial charge in [-0.2, -0.15) is 0 Å². The number of aryl methyl sites for hydroxylation is 1. The minimum atomic E-state index is 0.789. The number of piperidine rings is 1. The summed E-state index contributed by atoms with van der Waals surface area (Å²) in [7, 11) is 0. The Morgan fingerprint density at radius 3 is 2.82 bits per heavy atom. The summed E-state index contributed by atoms with van der Waals surface area (Å²) in [5, 5.41) is 3.54. The second kappa shape index (κ2) is 6.47. The van der Waals surface area contributed by atoms with Crippen LogP contribution >= 0.6 is 11.3 Å². The molecule has 96 valence electrons. The molecule has 3 nitrogen and oxygen atoms in total. The molecule has 0 bridgehead atoms. The van der Waals surface area contributed by atoms with Crippen LogP contribution in [0.25, 0.3) is 0 Å². The molecule has 1 aromatic heterocycles. The van der Waals surface area contributed by atoms with Crippen molar-refractivity contribution >= 4 is 11.3 Å². The first-order valence-corrected chi connectivity index (χ1v) is 7.55. The van der Waals surface area contributed by atoms with Crippen LogP contribution in [0.1, 0.15) is 30.5 Å². The first-order chi connectivity index (χ1) is 8.31. The molecule has 17 heavy (non-hydrogen) atoms. The predicted octanol–water partition coefficient (Wildman–Crippen LogP) is 1.92. The quantitative estimate of drug-likeness (QED) is 0.872. The van der Waals surface area contributed by atoms with Gasteiger partial charge in [0.2, 0.25) is 0 Å². The lowest BCUT2D eigenvalue weighted by Gasteiger charge is -2.31. The Labute approximate surface area is 108 Å². The van der Waals surface area contributed by atoms with Crippen LogP contribution in [-0.2, 0) is 12.8 Å². The highest BCUT2D eigenvalue weighted by Crippen LogP contribution is 2.23. The Hall–Kier alpha value is -0.450. The van der Waals surface area contributed by atoms with E-state index in [9.17, 15) is 0 Å². The van der Waals surface area contributed by atoms with Crippen molar-refractivity contribution in [3.63, 3.8) is 0 Å². The van der Waals surface area contributed by atoms with Gasteiger partial charge >= 0.3 is 0 Å².